The third-order valence-corrected chi connectivity index (χ3v) is 3.00. The van der Waals surface area contributed by atoms with Crippen molar-refractivity contribution < 1.29 is 0 Å². The highest BCUT2D eigenvalue weighted by atomic mass is 35.5. The smallest absolute Gasteiger partial charge is 0.224 e. The molecule has 0 radical (unpaired) electrons. The minimum atomic E-state index is 0.202. The summed E-state index contributed by atoms with van der Waals surface area (Å²) in [7, 11) is 1.88. The Morgan fingerprint density at radius 2 is 2.11 bits per heavy atom. The topological polar surface area (TPSA) is 81.7 Å². The Labute approximate surface area is 114 Å². The fraction of sp³-hybridized carbons (Fsp3) is 0.0833. The number of benzene rings is 1. The average Bonchev–Trinajstić information content (AvgIpc) is 2.65. The summed E-state index contributed by atoms with van der Waals surface area (Å²) in [6.45, 7) is 0. The number of hydrogen-bond donors (Lipinski definition) is 2. The van der Waals surface area contributed by atoms with E-state index in [1.807, 2.05) is 29.8 Å². The number of aromatic nitrogens is 4. The monoisotopic (exact) mass is 274 g/mol. The van der Waals surface area contributed by atoms with E-state index in [4.69, 9.17) is 17.3 Å². The van der Waals surface area contributed by atoms with Gasteiger partial charge in [-0.05, 0) is 35.9 Å². The Hall–Kier alpha value is -2.34. The highest BCUT2D eigenvalue weighted by Crippen LogP contribution is 2.22. The van der Waals surface area contributed by atoms with Crippen LogP contribution in [-0.2, 0) is 7.05 Å². The molecule has 2 aromatic heterocycles. The minimum absolute atomic E-state index is 0.202. The van der Waals surface area contributed by atoms with Gasteiger partial charge in [0.25, 0.3) is 0 Å². The molecule has 0 aliphatic heterocycles. The van der Waals surface area contributed by atoms with Gasteiger partial charge in [0.05, 0.1) is 11.0 Å². The number of hydrogen-bond acceptors (Lipinski definition) is 5. The Morgan fingerprint density at radius 3 is 2.89 bits per heavy atom. The first-order valence-electron chi connectivity index (χ1n) is 5.61. The molecule has 0 spiro atoms. The number of nitrogens with zero attached hydrogens (tertiary/aromatic N) is 4. The molecule has 0 aliphatic carbocycles. The molecular formula is C12H11ClN6. The number of nitrogens with one attached hydrogen (secondary N) is 1. The standard InChI is InChI=1S/C12H11ClN6/c1-19-9-3-2-7(6-8(9)17-12(19)14)16-10-4-5-15-11(13)18-10/h2-6H,1H3,(H2,14,17)(H,15,16,18). The highest BCUT2D eigenvalue weighted by molar-refractivity contribution is 6.28. The molecule has 6 nitrogen and oxygen atoms in total. The first-order chi connectivity index (χ1) is 9.13. The van der Waals surface area contributed by atoms with Crippen molar-refractivity contribution in [3.63, 3.8) is 0 Å². The highest BCUT2D eigenvalue weighted by Gasteiger charge is 2.06. The van der Waals surface area contributed by atoms with Gasteiger partial charge < -0.3 is 15.6 Å². The lowest BCUT2D eigenvalue weighted by atomic mass is 10.2. The molecule has 3 rings (SSSR count). The Bertz CT molecular complexity index is 751. The van der Waals surface area contributed by atoms with Gasteiger partial charge in [0.2, 0.25) is 11.2 Å². The molecule has 0 aliphatic rings. The summed E-state index contributed by atoms with van der Waals surface area (Å²) >= 11 is 5.74. The molecule has 0 amide bonds. The van der Waals surface area contributed by atoms with Gasteiger partial charge in [-0.2, -0.15) is 0 Å². The van der Waals surface area contributed by atoms with Crippen LogP contribution in [0.3, 0.4) is 0 Å². The van der Waals surface area contributed by atoms with Crippen LogP contribution in [0.4, 0.5) is 17.5 Å². The number of anilines is 3. The second kappa shape index (κ2) is 4.40. The third-order valence-electron chi connectivity index (χ3n) is 2.81. The molecule has 0 bridgehead atoms. The van der Waals surface area contributed by atoms with Crippen LogP contribution in [0, 0.1) is 0 Å². The number of fused-ring (bicyclic) bond motifs is 1. The maximum Gasteiger partial charge on any atom is 0.224 e. The van der Waals surface area contributed by atoms with Crippen LogP contribution in [-0.4, -0.2) is 19.5 Å². The van der Waals surface area contributed by atoms with Crippen molar-refractivity contribution in [1.29, 1.82) is 0 Å². The van der Waals surface area contributed by atoms with Gasteiger partial charge in [0.1, 0.15) is 5.82 Å². The van der Waals surface area contributed by atoms with Crippen molar-refractivity contribution in [2.75, 3.05) is 11.1 Å². The summed E-state index contributed by atoms with van der Waals surface area (Å²) in [6.07, 6.45) is 1.59. The zero-order chi connectivity index (χ0) is 13.4. The largest absolute Gasteiger partial charge is 0.369 e. The molecule has 7 heteroatoms. The maximum absolute atomic E-state index is 5.77. The number of nitrogens with two attached hydrogens (primary N) is 1. The summed E-state index contributed by atoms with van der Waals surface area (Å²) < 4.78 is 1.83. The second-order valence-electron chi connectivity index (χ2n) is 4.07. The zero-order valence-corrected chi connectivity index (χ0v) is 10.9. The number of nitrogen functional groups attached to an aromatic ring is 1. The molecule has 0 unspecified atom stereocenters. The van der Waals surface area contributed by atoms with Crippen molar-refractivity contribution >= 4 is 40.1 Å². The van der Waals surface area contributed by atoms with E-state index in [1.165, 1.54) is 0 Å². The molecule has 3 aromatic rings. The SMILES string of the molecule is Cn1c(N)nc2cc(Nc3ccnc(Cl)n3)ccc21. The van der Waals surface area contributed by atoms with Crippen molar-refractivity contribution in [2.24, 2.45) is 7.05 Å². The van der Waals surface area contributed by atoms with E-state index in [0.29, 0.717) is 11.8 Å². The molecular weight excluding hydrogens is 264 g/mol. The lowest BCUT2D eigenvalue weighted by molar-refractivity contribution is 0.965. The minimum Gasteiger partial charge on any atom is -0.369 e. The Morgan fingerprint density at radius 1 is 1.26 bits per heavy atom. The summed E-state index contributed by atoms with van der Waals surface area (Å²) in [5.41, 5.74) is 8.43. The van der Waals surface area contributed by atoms with E-state index >= 15 is 0 Å². The van der Waals surface area contributed by atoms with Gasteiger partial charge in [0.15, 0.2) is 0 Å². The summed E-state index contributed by atoms with van der Waals surface area (Å²) in [4.78, 5) is 12.2. The van der Waals surface area contributed by atoms with Gasteiger partial charge in [-0.1, -0.05) is 0 Å². The van der Waals surface area contributed by atoms with Gasteiger partial charge >= 0.3 is 0 Å². The van der Waals surface area contributed by atoms with Gasteiger partial charge in [-0.25, -0.2) is 15.0 Å². The van der Waals surface area contributed by atoms with E-state index in [-0.39, 0.29) is 5.28 Å². The molecule has 3 N–H and O–H groups in total. The van der Waals surface area contributed by atoms with Crippen LogP contribution < -0.4 is 11.1 Å². The molecule has 1 aromatic carbocycles. The Balaban J connectivity index is 1.97. The number of imidazole rings is 1. The van der Waals surface area contributed by atoms with Crippen molar-refractivity contribution in [1.82, 2.24) is 19.5 Å². The van der Waals surface area contributed by atoms with Gasteiger partial charge in [-0.15, -0.1) is 0 Å². The van der Waals surface area contributed by atoms with Crippen LogP contribution >= 0.6 is 11.6 Å². The normalized spacial score (nSPS) is 10.8. The van der Waals surface area contributed by atoms with Crippen molar-refractivity contribution in [2.45, 2.75) is 0 Å². The average molecular weight is 275 g/mol. The Kier molecular flexibility index (Phi) is 2.72. The number of aryl methyl sites for hydroxylation is 1. The van der Waals surface area contributed by atoms with Crippen LogP contribution in [0.5, 0.6) is 0 Å². The molecule has 0 atom stereocenters. The van der Waals surface area contributed by atoms with E-state index < -0.39 is 0 Å². The summed E-state index contributed by atoms with van der Waals surface area (Å²) in [6, 6.07) is 7.52. The quantitative estimate of drug-likeness (QED) is 0.701. The molecule has 0 saturated heterocycles. The number of rotatable bonds is 2. The molecule has 96 valence electrons. The van der Waals surface area contributed by atoms with E-state index in [0.717, 1.165) is 16.7 Å². The van der Waals surface area contributed by atoms with Crippen molar-refractivity contribution in [3.05, 3.63) is 35.7 Å². The fourth-order valence-corrected chi connectivity index (χ4v) is 2.00. The molecule has 19 heavy (non-hydrogen) atoms. The molecule has 0 fully saturated rings. The van der Waals surface area contributed by atoms with Gasteiger partial charge in [-0.3, -0.25) is 0 Å². The lowest BCUT2D eigenvalue weighted by Gasteiger charge is -2.05. The van der Waals surface area contributed by atoms with E-state index in [9.17, 15) is 0 Å². The maximum atomic E-state index is 5.77. The zero-order valence-electron chi connectivity index (χ0n) is 10.1. The second-order valence-corrected chi connectivity index (χ2v) is 4.41. The summed E-state index contributed by atoms with van der Waals surface area (Å²) in [5, 5.41) is 3.34. The summed E-state index contributed by atoms with van der Waals surface area (Å²) in [5.74, 6) is 1.11. The van der Waals surface area contributed by atoms with E-state index in [1.54, 1.807) is 12.3 Å². The van der Waals surface area contributed by atoms with Crippen LogP contribution in [0.25, 0.3) is 11.0 Å². The van der Waals surface area contributed by atoms with E-state index in [2.05, 4.69) is 20.3 Å². The van der Waals surface area contributed by atoms with Crippen LogP contribution in [0.1, 0.15) is 0 Å². The first kappa shape index (κ1) is 11.7. The fourth-order valence-electron chi connectivity index (χ4n) is 1.85. The van der Waals surface area contributed by atoms with Crippen molar-refractivity contribution in [3.8, 4) is 0 Å². The van der Waals surface area contributed by atoms with Crippen LogP contribution in [0.2, 0.25) is 5.28 Å². The third kappa shape index (κ3) is 2.17. The van der Waals surface area contributed by atoms with Gasteiger partial charge in [0, 0.05) is 18.9 Å². The lowest BCUT2D eigenvalue weighted by Crippen LogP contribution is -1.96. The molecule has 0 saturated carbocycles. The molecule has 2 heterocycles. The predicted molar refractivity (Wildman–Crippen MR) is 75.5 cm³/mol. The number of halogens is 1. The first-order valence-corrected chi connectivity index (χ1v) is 5.99. The predicted octanol–water partition coefficient (Wildman–Crippen LogP) is 2.34. The van der Waals surface area contributed by atoms with Crippen LogP contribution in [0.15, 0.2) is 30.5 Å².